The molecule has 3 N–H and O–H groups in total. The van der Waals surface area contributed by atoms with Crippen LogP contribution in [0.1, 0.15) is 119 Å². The van der Waals surface area contributed by atoms with Gasteiger partial charge in [0, 0.05) is 22.1 Å². The number of H-pyrrole nitrogens is 2. The molecule has 1 aliphatic rings. The van der Waals surface area contributed by atoms with Gasteiger partial charge in [0.1, 0.15) is 0 Å². The Bertz CT molecular complexity index is 1690. The lowest BCUT2D eigenvalue weighted by Gasteiger charge is -2.07. The van der Waals surface area contributed by atoms with E-state index in [4.69, 9.17) is 4.98 Å². The van der Waals surface area contributed by atoms with E-state index in [1.54, 1.807) is 0 Å². The zero-order valence-electron chi connectivity index (χ0n) is 26.9. The first-order chi connectivity index (χ1) is 19.8. The van der Waals surface area contributed by atoms with Crippen molar-refractivity contribution in [2.75, 3.05) is 0 Å². The van der Waals surface area contributed by atoms with Crippen LogP contribution in [-0.2, 0) is 38.5 Å². The Labute approximate surface area is 246 Å². The Morgan fingerprint density at radius 3 is 1.22 bits per heavy atom. The summed E-state index contributed by atoms with van der Waals surface area (Å²) in [5, 5.41) is 9.88. The number of aromatic amines is 2. The fourth-order valence-corrected chi connectivity index (χ4v) is 7.06. The van der Waals surface area contributed by atoms with Gasteiger partial charge in [-0.25, -0.2) is 4.98 Å². The summed E-state index contributed by atoms with van der Waals surface area (Å²) in [6, 6.07) is 8.97. The molecule has 0 radical (unpaired) electrons. The fourth-order valence-electron chi connectivity index (χ4n) is 7.06. The molecule has 0 aliphatic carbocycles. The SMILES string of the molecule is CCC1=C(CC)c2cc3[nH]c(cc(=N)c(CC)c(CC)c(C)cc4[nH]c(cc1n2)c(CC)c4CC)c(CC)c3CC. The molecular formula is C37H50N4. The molecular weight excluding hydrogens is 500 g/mol. The predicted molar refractivity (Wildman–Crippen MR) is 177 cm³/mol. The topological polar surface area (TPSA) is 68.3 Å². The quantitative estimate of drug-likeness (QED) is 0.257. The van der Waals surface area contributed by atoms with Crippen LogP contribution in [-0.4, -0.2) is 15.0 Å². The Hall–Kier alpha value is -3.40. The van der Waals surface area contributed by atoms with E-state index in [-0.39, 0.29) is 0 Å². The van der Waals surface area contributed by atoms with Crippen molar-refractivity contribution in [1.29, 1.82) is 5.41 Å². The monoisotopic (exact) mass is 550 g/mol. The van der Waals surface area contributed by atoms with Crippen LogP contribution < -0.4 is 5.36 Å². The van der Waals surface area contributed by atoms with Gasteiger partial charge in [-0.2, -0.15) is 0 Å². The van der Waals surface area contributed by atoms with Gasteiger partial charge in [-0.1, -0.05) is 55.4 Å². The molecule has 0 amide bonds. The summed E-state index contributed by atoms with van der Waals surface area (Å²) in [4.78, 5) is 12.8. The first kappa shape index (κ1) is 30.6. The molecule has 1 aliphatic heterocycles. The summed E-state index contributed by atoms with van der Waals surface area (Å²) >= 11 is 0. The number of nitrogens with one attached hydrogen (secondary N) is 3. The Morgan fingerprint density at radius 1 is 0.488 bits per heavy atom. The van der Waals surface area contributed by atoms with Crippen molar-refractivity contribution in [2.45, 2.75) is 114 Å². The van der Waals surface area contributed by atoms with Crippen LogP contribution in [0, 0.1) is 12.3 Å². The van der Waals surface area contributed by atoms with Crippen LogP contribution in [0.5, 0.6) is 0 Å². The van der Waals surface area contributed by atoms with Gasteiger partial charge in [-0.3, -0.25) is 0 Å². The lowest BCUT2D eigenvalue weighted by molar-refractivity contribution is 0.991. The summed E-state index contributed by atoms with van der Waals surface area (Å²) < 4.78 is 0. The molecule has 0 unspecified atom stereocenters. The highest BCUT2D eigenvalue weighted by Crippen LogP contribution is 2.36. The minimum absolute atomic E-state index is 0.605. The maximum absolute atomic E-state index is 9.27. The summed E-state index contributed by atoms with van der Waals surface area (Å²) in [6.45, 7) is 20.1. The second kappa shape index (κ2) is 13.1. The van der Waals surface area contributed by atoms with Crippen LogP contribution in [0.15, 0.2) is 24.3 Å². The van der Waals surface area contributed by atoms with Crippen molar-refractivity contribution >= 4 is 33.2 Å². The van der Waals surface area contributed by atoms with E-state index in [9.17, 15) is 5.41 Å². The third-order valence-electron chi connectivity index (χ3n) is 9.00. The number of hydrogen-bond donors (Lipinski definition) is 3. The molecule has 3 aromatic heterocycles. The van der Waals surface area contributed by atoms with E-state index in [0.717, 1.165) is 79.4 Å². The standard InChI is InChI=1S/C37H50N4/c1-10-23-22(9)18-32-25(12-3)27(14-5)34(39-32)20-36-29(16-7)30(17-8)37(41-36)21-35-28(15-6)26(13-4)33(40-35)19-31(38)24(23)11-2/h18-21,38-40H,10-17H2,1-9H3. The van der Waals surface area contributed by atoms with E-state index >= 15 is 0 Å². The van der Waals surface area contributed by atoms with Crippen molar-refractivity contribution in [2.24, 2.45) is 0 Å². The molecule has 0 atom stereocenters. The van der Waals surface area contributed by atoms with E-state index < -0.39 is 0 Å². The van der Waals surface area contributed by atoms with Gasteiger partial charge >= 0.3 is 0 Å². The van der Waals surface area contributed by atoms with Crippen molar-refractivity contribution in [3.8, 4) is 0 Å². The zero-order valence-corrected chi connectivity index (χ0v) is 26.9. The molecule has 6 bridgehead atoms. The Kier molecular flexibility index (Phi) is 9.73. The zero-order chi connectivity index (χ0) is 29.8. The maximum Gasteiger partial charge on any atom is 0.0693 e. The second-order valence-electron chi connectivity index (χ2n) is 11.1. The number of rotatable bonds is 8. The van der Waals surface area contributed by atoms with Crippen LogP contribution in [0.25, 0.3) is 33.2 Å². The van der Waals surface area contributed by atoms with Crippen LogP contribution >= 0.6 is 0 Å². The maximum atomic E-state index is 9.27. The van der Waals surface area contributed by atoms with Gasteiger partial charge in [0.2, 0.25) is 0 Å². The number of hydrogen-bond acceptors (Lipinski definition) is 2. The molecule has 0 aromatic carbocycles. The average molecular weight is 551 g/mol. The van der Waals surface area contributed by atoms with Crippen LogP contribution in [0.3, 0.4) is 0 Å². The summed E-state index contributed by atoms with van der Waals surface area (Å²) in [5.41, 5.74) is 18.5. The fraction of sp³-hybridized carbons (Fsp3) is 0.459. The highest BCUT2D eigenvalue weighted by atomic mass is 14.8. The highest BCUT2D eigenvalue weighted by molar-refractivity contribution is 5.93. The van der Waals surface area contributed by atoms with Gasteiger partial charge in [-0.15, -0.1) is 0 Å². The number of aromatic nitrogens is 3. The molecule has 0 saturated heterocycles. The minimum atomic E-state index is 0.605. The van der Waals surface area contributed by atoms with E-state index in [0.29, 0.717) is 5.36 Å². The van der Waals surface area contributed by atoms with Gasteiger partial charge in [0.15, 0.2) is 0 Å². The first-order valence-electron chi connectivity index (χ1n) is 16.0. The predicted octanol–water partition coefficient (Wildman–Crippen LogP) is 9.50. The molecule has 0 spiro atoms. The summed E-state index contributed by atoms with van der Waals surface area (Å²) in [6.07, 6.45) is 7.45. The number of allylic oxidation sites excluding steroid dienone is 2. The molecule has 4 rings (SSSR count). The van der Waals surface area contributed by atoms with E-state index in [2.05, 4.69) is 96.5 Å². The molecule has 4 nitrogen and oxygen atoms in total. The second-order valence-corrected chi connectivity index (χ2v) is 11.1. The first-order valence-corrected chi connectivity index (χ1v) is 16.0. The average Bonchev–Trinajstić information content (AvgIpc) is 3.59. The van der Waals surface area contributed by atoms with Crippen LogP contribution in [0.2, 0.25) is 0 Å². The summed E-state index contributed by atoms with van der Waals surface area (Å²) in [5.74, 6) is 0. The van der Waals surface area contributed by atoms with E-state index in [1.165, 1.54) is 55.6 Å². The lowest BCUT2D eigenvalue weighted by atomic mass is 9.98. The van der Waals surface area contributed by atoms with Crippen molar-refractivity contribution in [3.63, 3.8) is 0 Å². The number of nitrogens with zero attached hydrogens (tertiary/aromatic N) is 1. The largest absolute Gasteiger partial charge is 0.355 e. The van der Waals surface area contributed by atoms with Gasteiger partial charge in [0.05, 0.1) is 16.7 Å². The molecule has 218 valence electrons. The van der Waals surface area contributed by atoms with Crippen molar-refractivity contribution in [1.82, 2.24) is 15.0 Å². The molecule has 41 heavy (non-hydrogen) atoms. The Balaban J connectivity index is 2.34. The number of fused-ring (bicyclic) bond motifs is 6. The third kappa shape index (κ3) is 5.58. The molecule has 4 heterocycles. The van der Waals surface area contributed by atoms with Crippen molar-refractivity contribution < 1.29 is 0 Å². The van der Waals surface area contributed by atoms with Gasteiger partial charge < -0.3 is 15.4 Å². The van der Waals surface area contributed by atoms with E-state index in [1.807, 2.05) is 0 Å². The molecule has 0 fully saturated rings. The lowest BCUT2D eigenvalue weighted by Crippen LogP contribution is -2.09. The normalized spacial score (nSPS) is 12.3. The van der Waals surface area contributed by atoms with Gasteiger partial charge in [0.25, 0.3) is 0 Å². The summed E-state index contributed by atoms with van der Waals surface area (Å²) in [7, 11) is 0. The van der Waals surface area contributed by atoms with Crippen LogP contribution in [0.4, 0.5) is 0 Å². The minimum Gasteiger partial charge on any atom is -0.355 e. The molecule has 4 heteroatoms. The highest BCUT2D eigenvalue weighted by Gasteiger charge is 2.19. The molecule has 3 aromatic rings. The Morgan fingerprint density at radius 2 is 0.854 bits per heavy atom. The molecule has 0 saturated carbocycles. The van der Waals surface area contributed by atoms with Crippen molar-refractivity contribution in [3.05, 3.63) is 80.0 Å². The van der Waals surface area contributed by atoms with Gasteiger partial charge in [-0.05, 0) is 133 Å². The smallest absolute Gasteiger partial charge is 0.0693 e. The number of aryl methyl sites for hydroxylation is 5. The third-order valence-corrected chi connectivity index (χ3v) is 9.00.